The van der Waals surface area contributed by atoms with Gasteiger partial charge in [0.15, 0.2) is 23.1 Å². The first-order valence-electron chi connectivity index (χ1n) is 13.1. The summed E-state index contributed by atoms with van der Waals surface area (Å²) in [7, 11) is 0. The summed E-state index contributed by atoms with van der Waals surface area (Å²) in [6, 6.07) is 4.06. The number of phenols is 1. The lowest BCUT2D eigenvalue weighted by Crippen LogP contribution is -2.54. The smallest absolute Gasteiger partial charge is 0.355 e. The molecular weight excluding hydrogens is 569 g/mol. The number of aryl methyl sites for hydroxylation is 1. The molecule has 0 spiro atoms. The van der Waals surface area contributed by atoms with Crippen molar-refractivity contribution >= 4 is 34.5 Å². The molecule has 5 rings (SSSR count). The van der Waals surface area contributed by atoms with Crippen molar-refractivity contribution in [2.45, 2.75) is 31.2 Å². The monoisotopic (exact) mass is 596 g/mol. The van der Waals surface area contributed by atoms with Crippen molar-refractivity contribution in [2.75, 3.05) is 30.8 Å². The minimum atomic E-state index is -1.49. The average Bonchev–Trinajstić information content (AvgIpc) is 2.98. The Labute approximate surface area is 243 Å². The van der Waals surface area contributed by atoms with Crippen LogP contribution in [-0.2, 0) is 11.2 Å². The summed E-state index contributed by atoms with van der Waals surface area (Å²) in [5.74, 6) is -4.68. The second-order valence-corrected chi connectivity index (χ2v) is 10.5. The van der Waals surface area contributed by atoms with E-state index in [-0.39, 0.29) is 35.3 Å². The number of amides is 1. The highest BCUT2D eigenvalue weighted by Gasteiger charge is 2.31. The fourth-order valence-electron chi connectivity index (χ4n) is 5.21. The fraction of sp³-hybridized carbons (Fsp3) is 0.276. The fourth-order valence-corrected chi connectivity index (χ4v) is 5.81. The van der Waals surface area contributed by atoms with Crippen molar-refractivity contribution in [3.63, 3.8) is 0 Å². The maximum atomic E-state index is 15.8. The lowest BCUT2D eigenvalue weighted by molar-refractivity contribution is -0.126. The Kier molecular flexibility index (Phi) is 7.95. The van der Waals surface area contributed by atoms with Crippen LogP contribution in [0.3, 0.4) is 0 Å². The molecule has 218 valence electrons. The van der Waals surface area contributed by atoms with E-state index in [2.05, 4.69) is 21.5 Å². The van der Waals surface area contributed by atoms with Crippen LogP contribution >= 0.6 is 11.8 Å². The van der Waals surface area contributed by atoms with E-state index in [0.717, 1.165) is 18.2 Å². The number of hydrogen-bond acceptors (Lipinski definition) is 8. The van der Waals surface area contributed by atoms with Gasteiger partial charge >= 0.3 is 5.69 Å². The Morgan fingerprint density at radius 3 is 2.62 bits per heavy atom. The molecule has 4 aromatic rings. The molecule has 42 heavy (non-hydrogen) atoms. The van der Waals surface area contributed by atoms with Crippen LogP contribution in [0.4, 0.5) is 19.0 Å². The molecule has 1 aromatic carbocycles. The molecule has 0 saturated carbocycles. The summed E-state index contributed by atoms with van der Waals surface area (Å²) in [6.07, 6.45) is 5.08. The summed E-state index contributed by atoms with van der Waals surface area (Å²) >= 11 is 1.35. The Bertz CT molecular complexity index is 1780. The quantitative estimate of drug-likeness (QED) is 0.257. The van der Waals surface area contributed by atoms with Gasteiger partial charge in [-0.05, 0) is 49.9 Å². The van der Waals surface area contributed by atoms with Crippen molar-refractivity contribution < 1.29 is 23.1 Å². The number of halogens is 3. The van der Waals surface area contributed by atoms with Gasteiger partial charge in [-0.15, -0.1) is 11.8 Å². The van der Waals surface area contributed by atoms with E-state index in [1.807, 2.05) is 20.1 Å². The lowest BCUT2D eigenvalue weighted by Gasteiger charge is -2.40. The first-order chi connectivity index (χ1) is 20.1. The van der Waals surface area contributed by atoms with Gasteiger partial charge < -0.3 is 14.9 Å². The molecule has 0 bridgehead atoms. The van der Waals surface area contributed by atoms with Crippen molar-refractivity contribution in [3.8, 4) is 22.7 Å². The number of fused-ring (bicyclic) bond motifs is 1. The number of carbonyl (C=O) groups excluding carboxylic acids is 1. The molecule has 0 unspecified atom stereocenters. The summed E-state index contributed by atoms with van der Waals surface area (Å²) in [6.45, 7) is 8.10. The first-order valence-corrected chi connectivity index (χ1v) is 14.3. The lowest BCUT2D eigenvalue weighted by atomic mass is 10.1. The van der Waals surface area contributed by atoms with Crippen molar-refractivity contribution in [1.29, 1.82) is 0 Å². The van der Waals surface area contributed by atoms with E-state index in [4.69, 9.17) is 0 Å². The summed E-state index contributed by atoms with van der Waals surface area (Å²) in [5, 5.41) is 10.5. The van der Waals surface area contributed by atoms with E-state index in [0.29, 0.717) is 35.8 Å². The normalized spacial score (nSPS) is 15.3. The molecule has 4 heterocycles. The zero-order chi connectivity index (χ0) is 30.3. The molecule has 0 aliphatic carbocycles. The molecule has 1 fully saturated rings. The van der Waals surface area contributed by atoms with Gasteiger partial charge in [0.05, 0.1) is 22.3 Å². The molecule has 1 N–H and O–H groups in total. The second kappa shape index (κ2) is 11.5. The maximum absolute atomic E-state index is 15.8. The summed E-state index contributed by atoms with van der Waals surface area (Å²) in [5.41, 5.74) is -1.37. The van der Waals surface area contributed by atoms with Crippen LogP contribution in [0.2, 0.25) is 0 Å². The van der Waals surface area contributed by atoms with E-state index in [9.17, 15) is 23.5 Å². The third-order valence-electron chi connectivity index (χ3n) is 7.24. The maximum Gasteiger partial charge on any atom is 0.355 e. The number of rotatable bonds is 6. The molecule has 1 aliphatic heterocycles. The topological polar surface area (TPSA) is 104 Å². The van der Waals surface area contributed by atoms with Gasteiger partial charge in [0, 0.05) is 36.8 Å². The van der Waals surface area contributed by atoms with Crippen molar-refractivity contribution in [3.05, 3.63) is 76.7 Å². The van der Waals surface area contributed by atoms with Gasteiger partial charge in [-0.2, -0.15) is 4.98 Å². The third kappa shape index (κ3) is 4.87. The number of phenolic OH excluding ortho intramolecular Hbond substituents is 1. The van der Waals surface area contributed by atoms with Gasteiger partial charge in [-0.3, -0.25) is 9.78 Å². The molecule has 3 aromatic heterocycles. The second-order valence-electron chi connectivity index (χ2n) is 9.69. The molecule has 13 heteroatoms. The van der Waals surface area contributed by atoms with Crippen LogP contribution < -0.4 is 10.6 Å². The first kappa shape index (κ1) is 29.1. The third-order valence-corrected chi connectivity index (χ3v) is 8.01. The van der Waals surface area contributed by atoms with Gasteiger partial charge in [0.25, 0.3) is 0 Å². The highest BCUT2D eigenvalue weighted by molar-refractivity contribution is 7.98. The predicted octanol–water partition coefficient (Wildman–Crippen LogP) is 4.47. The Balaban J connectivity index is 1.85. The van der Waals surface area contributed by atoms with Crippen LogP contribution in [0.5, 0.6) is 5.75 Å². The zero-order valence-corrected chi connectivity index (χ0v) is 23.9. The van der Waals surface area contributed by atoms with E-state index >= 15 is 4.39 Å². The van der Waals surface area contributed by atoms with Gasteiger partial charge in [0.1, 0.15) is 17.3 Å². The van der Waals surface area contributed by atoms with Crippen molar-refractivity contribution in [1.82, 2.24) is 24.4 Å². The van der Waals surface area contributed by atoms with Gasteiger partial charge in [-0.1, -0.05) is 13.5 Å². The number of thioether (sulfide) groups is 1. The number of aromatic hydroxyl groups is 1. The largest absolute Gasteiger partial charge is 0.507 e. The number of aromatic nitrogens is 4. The Hall–Kier alpha value is -4.39. The predicted molar refractivity (Wildman–Crippen MR) is 155 cm³/mol. The molecule has 1 atom stereocenters. The van der Waals surface area contributed by atoms with E-state index < -0.39 is 40.1 Å². The number of piperazine rings is 1. The van der Waals surface area contributed by atoms with Crippen molar-refractivity contribution in [2.24, 2.45) is 0 Å². The number of nitrogens with zero attached hydrogens (tertiary/aromatic N) is 6. The molecular formula is C29H27F3N6O3S. The SMILES string of the molecule is C=CC(=O)N1CCN(c2nc(=O)n(-c3c(SC)ccnc3CC)c3nc(-c4c(O)ccc(F)c4F)c(F)cc23)[C@@H](C)C1. The Morgan fingerprint density at radius 1 is 1.19 bits per heavy atom. The van der Waals surface area contributed by atoms with Crippen LogP contribution in [0.15, 0.2) is 52.8 Å². The van der Waals surface area contributed by atoms with Crippen LogP contribution in [0.25, 0.3) is 28.0 Å². The zero-order valence-electron chi connectivity index (χ0n) is 23.1. The number of benzene rings is 1. The average molecular weight is 597 g/mol. The number of anilines is 1. The van der Waals surface area contributed by atoms with Crippen LogP contribution in [-0.4, -0.2) is 67.4 Å². The van der Waals surface area contributed by atoms with E-state index in [1.165, 1.54) is 22.4 Å². The highest BCUT2D eigenvalue weighted by Crippen LogP contribution is 2.37. The molecule has 1 aliphatic rings. The van der Waals surface area contributed by atoms with Crippen LogP contribution in [0, 0.1) is 17.5 Å². The minimum absolute atomic E-state index is 0.0840. The number of carbonyl (C=O) groups is 1. The molecule has 1 amide bonds. The minimum Gasteiger partial charge on any atom is -0.507 e. The number of hydrogen-bond donors (Lipinski definition) is 1. The molecule has 9 nitrogen and oxygen atoms in total. The van der Waals surface area contributed by atoms with Gasteiger partial charge in [0.2, 0.25) is 5.91 Å². The van der Waals surface area contributed by atoms with Crippen LogP contribution in [0.1, 0.15) is 19.5 Å². The molecule has 0 radical (unpaired) electrons. The van der Waals surface area contributed by atoms with E-state index in [1.54, 1.807) is 22.1 Å². The molecule has 1 saturated heterocycles. The number of pyridine rings is 2. The highest BCUT2D eigenvalue weighted by atomic mass is 32.2. The Morgan fingerprint density at radius 2 is 1.95 bits per heavy atom. The summed E-state index contributed by atoms with van der Waals surface area (Å²) in [4.78, 5) is 43.3. The standard InChI is InChI=1S/C29H27F3N6O3S/c1-5-19-26(21(42-4)9-10-33-19)38-28-16(13-18(31)25(34-28)23-20(39)8-7-17(30)24(23)32)27(35-29(38)41)37-12-11-36(14-15(37)3)22(40)6-2/h6-10,13,15,39H,2,5,11-12,14H2,1,3-4H3/t15-/m0/s1. The van der Waals surface area contributed by atoms with Gasteiger partial charge in [-0.25, -0.2) is 27.5 Å². The summed E-state index contributed by atoms with van der Waals surface area (Å²) < 4.78 is 46.1.